The first-order valence-corrected chi connectivity index (χ1v) is 12.9. The van der Waals surface area contributed by atoms with Gasteiger partial charge >= 0.3 is 6.03 Å². The summed E-state index contributed by atoms with van der Waals surface area (Å²) >= 11 is 1.65. The first-order valence-electron chi connectivity index (χ1n) is 12.0. The van der Waals surface area contributed by atoms with Gasteiger partial charge in [0.15, 0.2) is 5.54 Å². The van der Waals surface area contributed by atoms with Crippen LogP contribution in [0.3, 0.4) is 0 Å². The zero-order valence-electron chi connectivity index (χ0n) is 19.2. The van der Waals surface area contributed by atoms with Crippen molar-refractivity contribution in [2.45, 2.75) is 31.2 Å². The Morgan fingerprint density at radius 1 is 0.941 bits per heavy atom. The number of hydrogen-bond acceptors (Lipinski definition) is 5. The zero-order chi connectivity index (χ0) is 23.4. The maximum absolute atomic E-state index is 13.9. The fourth-order valence-corrected chi connectivity index (χ4v) is 5.95. The lowest BCUT2D eigenvalue weighted by molar-refractivity contribution is -0.134. The summed E-state index contributed by atoms with van der Waals surface area (Å²) in [5.74, 6) is -0.144. The van der Waals surface area contributed by atoms with Gasteiger partial charge < -0.3 is 10.2 Å². The highest BCUT2D eigenvalue weighted by molar-refractivity contribution is 7.09. The van der Waals surface area contributed by atoms with Gasteiger partial charge in [0, 0.05) is 24.2 Å². The molecule has 34 heavy (non-hydrogen) atoms. The Morgan fingerprint density at radius 3 is 2.44 bits per heavy atom. The van der Waals surface area contributed by atoms with E-state index >= 15 is 0 Å². The van der Waals surface area contributed by atoms with E-state index in [9.17, 15) is 9.59 Å². The predicted molar refractivity (Wildman–Crippen MR) is 133 cm³/mol. The number of pyridine rings is 1. The molecular weight excluding hydrogens is 444 g/mol. The first-order chi connectivity index (χ1) is 16.7. The summed E-state index contributed by atoms with van der Waals surface area (Å²) in [6.45, 7) is 3.20. The number of nitrogens with one attached hydrogen (secondary N) is 1. The molecule has 2 aliphatic heterocycles. The third kappa shape index (κ3) is 4.50. The monoisotopic (exact) mass is 474 g/mol. The Kier molecular flexibility index (Phi) is 6.74. The first kappa shape index (κ1) is 22.7. The molecule has 0 saturated carbocycles. The van der Waals surface area contributed by atoms with Crippen molar-refractivity contribution >= 4 is 23.3 Å². The van der Waals surface area contributed by atoms with E-state index in [1.54, 1.807) is 17.5 Å². The Labute approximate surface area is 204 Å². The maximum atomic E-state index is 13.9. The standard InChI is InChI=1S/C27H30N4O2S/c32-25-27(24-10-4-5-15-28-24,29-26(33)31(25)19-14-23-9-6-20-34-23)22-12-17-30(18-13-22)16-11-21-7-2-1-3-8-21/h1-10,15,20,22H,11-14,16-19H2,(H,29,33). The molecule has 4 heterocycles. The van der Waals surface area contributed by atoms with Crippen LogP contribution in [0, 0.1) is 5.92 Å². The van der Waals surface area contributed by atoms with Crippen molar-refractivity contribution in [2.75, 3.05) is 26.2 Å². The van der Waals surface area contributed by atoms with Crippen molar-refractivity contribution in [3.63, 3.8) is 0 Å². The Bertz CT molecular complexity index is 1100. The normalized spacial score (nSPS) is 21.7. The molecule has 1 unspecified atom stereocenters. The number of likely N-dealkylation sites (tertiary alicyclic amines) is 1. The molecule has 0 bridgehead atoms. The van der Waals surface area contributed by atoms with Crippen molar-refractivity contribution < 1.29 is 9.59 Å². The Hall–Kier alpha value is -3.03. The number of hydrogen-bond donors (Lipinski definition) is 1. The van der Waals surface area contributed by atoms with Gasteiger partial charge in [-0.25, -0.2) is 4.79 Å². The number of amides is 3. The molecule has 2 aliphatic rings. The molecule has 1 atom stereocenters. The number of thiophene rings is 1. The van der Waals surface area contributed by atoms with E-state index in [1.807, 2.05) is 41.8 Å². The summed E-state index contributed by atoms with van der Waals surface area (Å²) in [6.07, 6.45) is 5.09. The molecule has 0 aliphatic carbocycles. The summed E-state index contributed by atoms with van der Waals surface area (Å²) in [5, 5.41) is 5.13. The van der Waals surface area contributed by atoms with E-state index in [1.165, 1.54) is 15.3 Å². The van der Waals surface area contributed by atoms with Crippen LogP contribution < -0.4 is 5.32 Å². The van der Waals surface area contributed by atoms with Crippen molar-refractivity contribution in [1.82, 2.24) is 20.1 Å². The van der Waals surface area contributed by atoms with Crippen LogP contribution in [0.25, 0.3) is 0 Å². The molecule has 3 amide bonds. The van der Waals surface area contributed by atoms with Gasteiger partial charge in [-0.15, -0.1) is 11.3 Å². The number of benzene rings is 1. The highest BCUT2D eigenvalue weighted by Gasteiger charge is 2.57. The molecule has 0 radical (unpaired) electrons. The number of carbonyl (C=O) groups excluding carboxylic acids is 2. The van der Waals surface area contributed by atoms with E-state index in [0.717, 1.165) is 38.9 Å². The summed E-state index contributed by atoms with van der Waals surface area (Å²) < 4.78 is 0. The molecule has 176 valence electrons. The van der Waals surface area contributed by atoms with Crippen LogP contribution in [0.5, 0.6) is 0 Å². The second-order valence-electron chi connectivity index (χ2n) is 9.09. The second-order valence-corrected chi connectivity index (χ2v) is 10.1. The average Bonchev–Trinajstić information content (AvgIpc) is 3.49. The molecule has 2 fully saturated rings. The summed E-state index contributed by atoms with van der Waals surface area (Å²) in [5.41, 5.74) is 0.906. The smallest absolute Gasteiger partial charge is 0.318 e. The largest absolute Gasteiger partial charge is 0.325 e. The van der Waals surface area contributed by atoms with Gasteiger partial charge in [0.05, 0.1) is 5.69 Å². The van der Waals surface area contributed by atoms with Crippen LogP contribution in [0.4, 0.5) is 4.79 Å². The molecule has 5 rings (SSSR count). The van der Waals surface area contributed by atoms with Gasteiger partial charge in [-0.1, -0.05) is 42.5 Å². The number of nitrogens with zero attached hydrogens (tertiary/aromatic N) is 3. The molecule has 7 heteroatoms. The van der Waals surface area contributed by atoms with E-state index in [4.69, 9.17) is 0 Å². The molecular formula is C27H30N4O2S. The van der Waals surface area contributed by atoms with Crippen molar-refractivity contribution in [3.05, 3.63) is 88.4 Å². The second kappa shape index (κ2) is 10.1. The number of rotatable bonds is 8. The fourth-order valence-electron chi connectivity index (χ4n) is 5.25. The summed E-state index contributed by atoms with van der Waals surface area (Å²) in [6, 6.07) is 19.9. The molecule has 1 N–H and O–H groups in total. The predicted octanol–water partition coefficient (Wildman–Crippen LogP) is 4.09. The minimum absolute atomic E-state index is 0.0126. The van der Waals surface area contributed by atoms with Gasteiger partial charge in [0.2, 0.25) is 0 Å². The van der Waals surface area contributed by atoms with Crippen LogP contribution in [-0.2, 0) is 23.2 Å². The maximum Gasteiger partial charge on any atom is 0.325 e. The van der Waals surface area contributed by atoms with Gasteiger partial charge in [-0.05, 0) is 73.8 Å². The molecule has 1 aromatic carbocycles. The highest BCUT2D eigenvalue weighted by Crippen LogP contribution is 2.40. The fraction of sp³-hybridized carbons (Fsp3) is 0.370. The van der Waals surface area contributed by atoms with Gasteiger partial charge in [-0.3, -0.25) is 14.7 Å². The topological polar surface area (TPSA) is 65.5 Å². The Balaban J connectivity index is 1.31. The number of aromatic nitrogens is 1. The average molecular weight is 475 g/mol. The van der Waals surface area contributed by atoms with E-state index in [0.29, 0.717) is 18.7 Å². The van der Waals surface area contributed by atoms with Crippen LogP contribution in [-0.4, -0.2) is 52.9 Å². The van der Waals surface area contributed by atoms with Gasteiger partial charge in [0.1, 0.15) is 0 Å². The molecule has 0 spiro atoms. The summed E-state index contributed by atoms with van der Waals surface area (Å²) in [7, 11) is 0. The number of piperidine rings is 1. The quantitative estimate of drug-likeness (QED) is 0.500. The molecule has 6 nitrogen and oxygen atoms in total. The lowest BCUT2D eigenvalue weighted by Crippen LogP contribution is -2.54. The SMILES string of the molecule is O=C1NC(c2ccccn2)(C2CCN(CCc3ccccc3)CC2)C(=O)N1CCc1cccs1. The van der Waals surface area contributed by atoms with Gasteiger partial charge in [-0.2, -0.15) is 0 Å². The lowest BCUT2D eigenvalue weighted by Gasteiger charge is -2.40. The highest BCUT2D eigenvalue weighted by atomic mass is 32.1. The number of carbonyl (C=O) groups is 2. The van der Waals surface area contributed by atoms with Crippen molar-refractivity contribution in [2.24, 2.45) is 5.92 Å². The van der Waals surface area contributed by atoms with Crippen molar-refractivity contribution in [1.29, 1.82) is 0 Å². The van der Waals surface area contributed by atoms with E-state index in [2.05, 4.69) is 39.5 Å². The molecule has 2 saturated heterocycles. The summed E-state index contributed by atoms with van der Waals surface area (Å²) in [4.78, 5) is 36.5. The minimum Gasteiger partial charge on any atom is -0.318 e. The van der Waals surface area contributed by atoms with Crippen LogP contribution in [0.15, 0.2) is 72.2 Å². The van der Waals surface area contributed by atoms with Crippen molar-refractivity contribution in [3.8, 4) is 0 Å². The van der Waals surface area contributed by atoms with Crippen LogP contribution in [0.1, 0.15) is 29.0 Å². The zero-order valence-corrected chi connectivity index (χ0v) is 20.0. The van der Waals surface area contributed by atoms with Crippen LogP contribution >= 0.6 is 11.3 Å². The van der Waals surface area contributed by atoms with E-state index in [-0.39, 0.29) is 17.9 Å². The van der Waals surface area contributed by atoms with Gasteiger partial charge in [0.25, 0.3) is 5.91 Å². The third-order valence-electron chi connectivity index (χ3n) is 7.12. The Morgan fingerprint density at radius 2 is 1.74 bits per heavy atom. The van der Waals surface area contributed by atoms with E-state index < -0.39 is 5.54 Å². The lowest BCUT2D eigenvalue weighted by atomic mass is 9.75. The minimum atomic E-state index is -1.08. The number of urea groups is 1. The van der Waals surface area contributed by atoms with Crippen LogP contribution in [0.2, 0.25) is 0 Å². The number of imide groups is 1. The molecule has 2 aromatic heterocycles. The molecule has 3 aromatic rings. The third-order valence-corrected chi connectivity index (χ3v) is 8.06.